The molecule has 5 heteroatoms. The third-order valence-electron chi connectivity index (χ3n) is 3.46. The van der Waals surface area contributed by atoms with Gasteiger partial charge in [0.15, 0.2) is 9.84 Å². The smallest absolute Gasteiger partial charge is 0.152 e. The first kappa shape index (κ1) is 15.9. The van der Waals surface area contributed by atoms with Gasteiger partial charge in [-0.15, -0.1) is 0 Å². The number of sulfone groups is 1. The lowest BCUT2D eigenvalue weighted by atomic mass is 10.1. The fourth-order valence-corrected chi connectivity index (χ4v) is 3.44. The summed E-state index contributed by atoms with van der Waals surface area (Å²) in [6.07, 6.45) is 2.27. The van der Waals surface area contributed by atoms with Gasteiger partial charge in [0.2, 0.25) is 0 Å². The molecule has 108 valence electrons. The van der Waals surface area contributed by atoms with E-state index in [0.717, 1.165) is 19.4 Å². The van der Waals surface area contributed by atoms with Crippen molar-refractivity contribution in [1.29, 1.82) is 0 Å². The van der Waals surface area contributed by atoms with Gasteiger partial charge in [-0.3, -0.25) is 4.90 Å². The topological polar surface area (TPSA) is 49.4 Å². The van der Waals surface area contributed by atoms with E-state index in [-0.39, 0.29) is 5.54 Å². The number of nitrogens with one attached hydrogen (secondary N) is 1. The zero-order valence-corrected chi connectivity index (χ0v) is 13.0. The lowest BCUT2D eigenvalue weighted by Crippen LogP contribution is -2.45. The maximum absolute atomic E-state index is 11.4. The molecule has 0 aliphatic carbocycles. The molecule has 0 radical (unpaired) electrons. The van der Waals surface area contributed by atoms with Crippen molar-refractivity contribution in [3.63, 3.8) is 0 Å². The van der Waals surface area contributed by atoms with Gasteiger partial charge in [0.05, 0.1) is 11.5 Å². The Morgan fingerprint density at radius 1 is 1.22 bits per heavy atom. The van der Waals surface area contributed by atoms with E-state index < -0.39 is 9.84 Å². The molecule has 0 spiro atoms. The van der Waals surface area contributed by atoms with Gasteiger partial charge in [-0.05, 0) is 47.1 Å². The maximum Gasteiger partial charge on any atom is 0.152 e. The Balaban J connectivity index is 2.20. The highest BCUT2D eigenvalue weighted by Gasteiger charge is 2.24. The molecule has 0 aromatic heterocycles. The van der Waals surface area contributed by atoms with Gasteiger partial charge < -0.3 is 5.32 Å². The molecule has 1 rings (SSSR count). The molecule has 1 aliphatic rings. The summed E-state index contributed by atoms with van der Waals surface area (Å²) >= 11 is 0. The number of nitrogens with zero attached hydrogens (tertiary/aromatic N) is 1. The monoisotopic (exact) mass is 276 g/mol. The fourth-order valence-electron chi connectivity index (χ4n) is 2.21. The number of rotatable bonds is 5. The SMILES string of the molecule is CC(CCCNC(C)(C)C)N1CCS(=O)(=O)CC1. The van der Waals surface area contributed by atoms with E-state index in [2.05, 4.69) is 37.9 Å². The van der Waals surface area contributed by atoms with E-state index in [4.69, 9.17) is 0 Å². The molecule has 1 fully saturated rings. The molecule has 18 heavy (non-hydrogen) atoms. The highest BCUT2D eigenvalue weighted by atomic mass is 32.2. The van der Waals surface area contributed by atoms with Crippen LogP contribution in [0.2, 0.25) is 0 Å². The second kappa shape index (κ2) is 6.35. The lowest BCUT2D eigenvalue weighted by Gasteiger charge is -2.32. The highest BCUT2D eigenvalue weighted by molar-refractivity contribution is 7.91. The minimum atomic E-state index is -2.75. The Morgan fingerprint density at radius 2 is 1.78 bits per heavy atom. The molecular weight excluding hydrogens is 248 g/mol. The second-order valence-electron chi connectivity index (χ2n) is 6.36. The van der Waals surface area contributed by atoms with E-state index >= 15 is 0 Å². The van der Waals surface area contributed by atoms with Crippen LogP contribution in [-0.4, -0.2) is 56.0 Å². The van der Waals surface area contributed by atoms with Gasteiger partial charge in [-0.25, -0.2) is 8.42 Å². The highest BCUT2D eigenvalue weighted by Crippen LogP contribution is 2.12. The van der Waals surface area contributed by atoms with Crippen molar-refractivity contribution >= 4 is 9.84 Å². The van der Waals surface area contributed by atoms with Crippen LogP contribution in [-0.2, 0) is 9.84 Å². The van der Waals surface area contributed by atoms with Crippen LogP contribution in [0.3, 0.4) is 0 Å². The first-order valence-corrected chi connectivity index (χ1v) is 8.71. The molecule has 1 heterocycles. The van der Waals surface area contributed by atoms with Gasteiger partial charge in [0.1, 0.15) is 0 Å². The fraction of sp³-hybridized carbons (Fsp3) is 1.00. The zero-order valence-electron chi connectivity index (χ0n) is 12.2. The lowest BCUT2D eigenvalue weighted by molar-refractivity contribution is 0.212. The van der Waals surface area contributed by atoms with Gasteiger partial charge >= 0.3 is 0 Å². The summed E-state index contributed by atoms with van der Waals surface area (Å²) in [6, 6.07) is 0.488. The van der Waals surface area contributed by atoms with Gasteiger partial charge in [-0.1, -0.05) is 0 Å². The van der Waals surface area contributed by atoms with Gasteiger partial charge in [0.25, 0.3) is 0 Å². The Labute approximate surface area is 112 Å². The molecule has 0 saturated carbocycles. The molecule has 1 aliphatic heterocycles. The van der Waals surface area contributed by atoms with Crippen molar-refractivity contribution in [2.75, 3.05) is 31.1 Å². The Morgan fingerprint density at radius 3 is 2.28 bits per heavy atom. The Hall–Kier alpha value is -0.130. The van der Waals surface area contributed by atoms with Crippen molar-refractivity contribution in [1.82, 2.24) is 10.2 Å². The molecule has 1 unspecified atom stereocenters. The number of hydrogen-bond donors (Lipinski definition) is 1. The van der Waals surface area contributed by atoms with Crippen LogP contribution in [0.1, 0.15) is 40.5 Å². The molecule has 0 amide bonds. The summed E-state index contributed by atoms with van der Waals surface area (Å²) in [4.78, 5) is 2.30. The van der Waals surface area contributed by atoms with Crippen LogP contribution in [0.25, 0.3) is 0 Å². The Kier molecular flexibility index (Phi) is 5.62. The van der Waals surface area contributed by atoms with Crippen molar-refractivity contribution in [2.45, 2.75) is 52.1 Å². The normalized spacial score (nSPS) is 22.9. The van der Waals surface area contributed by atoms with E-state index in [9.17, 15) is 8.42 Å². The van der Waals surface area contributed by atoms with Crippen LogP contribution >= 0.6 is 0 Å². The van der Waals surface area contributed by atoms with E-state index in [1.54, 1.807) is 0 Å². The van der Waals surface area contributed by atoms with E-state index in [1.807, 2.05) is 0 Å². The summed E-state index contributed by atoms with van der Waals surface area (Å²) in [5.74, 6) is 0.662. The molecule has 4 nitrogen and oxygen atoms in total. The second-order valence-corrected chi connectivity index (χ2v) is 8.66. The average Bonchev–Trinajstić information content (AvgIpc) is 2.22. The number of hydrogen-bond acceptors (Lipinski definition) is 4. The van der Waals surface area contributed by atoms with Crippen LogP contribution in [0.5, 0.6) is 0 Å². The van der Waals surface area contributed by atoms with Crippen LogP contribution in [0.15, 0.2) is 0 Å². The van der Waals surface area contributed by atoms with Crippen molar-refractivity contribution in [3.8, 4) is 0 Å². The van der Waals surface area contributed by atoms with Crippen LogP contribution in [0, 0.1) is 0 Å². The van der Waals surface area contributed by atoms with E-state index in [0.29, 0.717) is 30.6 Å². The molecular formula is C13H28N2O2S. The summed E-state index contributed by atoms with van der Waals surface area (Å²) in [7, 11) is -2.75. The molecule has 1 N–H and O–H groups in total. The average molecular weight is 276 g/mol. The zero-order chi connectivity index (χ0) is 13.8. The summed E-state index contributed by atoms with van der Waals surface area (Å²) in [5.41, 5.74) is 0.183. The molecule has 0 bridgehead atoms. The van der Waals surface area contributed by atoms with Crippen molar-refractivity contribution in [2.24, 2.45) is 0 Å². The van der Waals surface area contributed by atoms with E-state index in [1.165, 1.54) is 0 Å². The van der Waals surface area contributed by atoms with Crippen LogP contribution < -0.4 is 5.32 Å². The summed E-state index contributed by atoms with van der Waals surface area (Å²) in [6.45, 7) is 11.2. The first-order valence-electron chi connectivity index (χ1n) is 6.89. The van der Waals surface area contributed by atoms with Crippen molar-refractivity contribution < 1.29 is 8.42 Å². The molecule has 0 aromatic rings. The first-order chi connectivity index (χ1) is 8.20. The quantitative estimate of drug-likeness (QED) is 0.768. The molecule has 1 saturated heterocycles. The predicted octanol–water partition coefficient (Wildman–Crippen LogP) is 1.27. The van der Waals surface area contributed by atoms with Gasteiger partial charge in [-0.2, -0.15) is 0 Å². The molecule has 0 aromatic carbocycles. The third kappa shape index (κ3) is 6.16. The standard InChI is InChI=1S/C13H28N2O2S/c1-12(6-5-7-14-13(2,3)4)15-8-10-18(16,17)11-9-15/h12,14H,5-11H2,1-4H3. The summed E-state index contributed by atoms with van der Waals surface area (Å²) in [5, 5.41) is 3.48. The summed E-state index contributed by atoms with van der Waals surface area (Å²) < 4.78 is 22.7. The third-order valence-corrected chi connectivity index (χ3v) is 5.07. The minimum absolute atomic E-state index is 0.183. The maximum atomic E-state index is 11.4. The van der Waals surface area contributed by atoms with Crippen molar-refractivity contribution in [3.05, 3.63) is 0 Å². The van der Waals surface area contributed by atoms with Crippen LogP contribution in [0.4, 0.5) is 0 Å². The minimum Gasteiger partial charge on any atom is -0.312 e. The largest absolute Gasteiger partial charge is 0.312 e. The Bertz CT molecular complexity index is 332. The molecule has 1 atom stereocenters. The van der Waals surface area contributed by atoms with Gasteiger partial charge in [0, 0.05) is 24.7 Å². The predicted molar refractivity (Wildman–Crippen MR) is 76.7 cm³/mol.